The number of hydrogen-bond donors (Lipinski definition) is 1. The van der Waals surface area contributed by atoms with Crippen LogP contribution in [0.4, 0.5) is 5.82 Å². The van der Waals surface area contributed by atoms with Gasteiger partial charge in [-0.15, -0.1) is 0 Å². The molecule has 1 aliphatic carbocycles. The Morgan fingerprint density at radius 3 is 2.42 bits per heavy atom. The second-order valence-corrected chi connectivity index (χ2v) is 9.40. The minimum absolute atomic E-state index is 0.124. The molecule has 4 heterocycles. The second-order valence-electron chi connectivity index (χ2n) is 9.40. The molecule has 1 N–H and O–H groups in total. The van der Waals surface area contributed by atoms with E-state index in [1.807, 2.05) is 19.1 Å². The van der Waals surface area contributed by atoms with E-state index in [4.69, 9.17) is 0 Å². The van der Waals surface area contributed by atoms with Crippen molar-refractivity contribution < 1.29 is 5.11 Å². The van der Waals surface area contributed by atoms with Crippen LogP contribution in [0.5, 0.6) is 0 Å². The van der Waals surface area contributed by atoms with Gasteiger partial charge in [-0.1, -0.05) is 13.8 Å². The van der Waals surface area contributed by atoms with Crippen LogP contribution in [-0.4, -0.2) is 48.5 Å². The summed E-state index contributed by atoms with van der Waals surface area (Å²) in [6.07, 6.45) is 7.89. The number of nitrogens with zero attached hydrogens (tertiary/aromatic N) is 7. The Kier molecular flexibility index (Phi) is 4.48. The summed E-state index contributed by atoms with van der Waals surface area (Å²) in [4.78, 5) is 15.7. The first kappa shape index (κ1) is 19.9. The molecule has 1 saturated heterocycles. The van der Waals surface area contributed by atoms with E-state index in [0.717, 1.165) is 54.8 Å². The Balaban J connectivity index is 1.51. The molecular formula is C23H27N7O. The first-order valence-corrected chi connectivity index (χ1v) is 10.9. The van der Waals surface area contributed by atoms with Crippen molar-refractivity contribution in [3.05, 3.63) is 36.5 Å². The maximum Gasteiger partial charge on any atom is 0.159 e. The van der Waals surface area contributed by atoms with Crippen LogP contribution in [0.2, 0.25) is 0 Å². The molecule has 31 heavy (non-hydrogen) atoms. The number of fused-ring (bicyclic) bond motifs is 1. The number of aliphatic hydroxyl groups is 1. The fourth-order valence-electron chi connectivity index (χ4n) is 4.72. The minimum atomic E-state index is -0.688. The monoisotopic (exact) mass is 417 g/mol. The van der Waals surface area contributed by atoms with Gasteiger partial charge in [-0.3, -0.25) is 4.98 Å². The highest BCUT2D eigenvalue weighted by Gasteiger charge is 2.41. The van der Waals surface area contributed by atoms with Gasteiger partial charge in [0.1, 0.15) is 12.1 Å². The van der Waals surface area contributed by atoms with Gasteiger partial charge in [-0.05, 0) is 32.3 Å². The van der Waals surface area contributed by atoms with Gasteiger partial charge in [-0.2, -0.15) is 10.4 Å². The Morgan fingerprint density at radius 2 is 1.77 bits per heavy atom. The van der Waals surface area contributed by atoms with Crippen molar-refractivity contribution in [2.45, 2.75) is 51.0 Å². The number of hydrogen-bond acceptors (Lipinski definition) is 7. The minimum Gasteiger partial charge on any atom is -0.389 e. The van der Waals surface area contributed by atoms with Gasteiger partial charge in [0.2, 0.25) is 0 Å². The van der Waals surface area contributed by atoms with E-state index in [9.17, 15) is 10.4 Å². The summed E-state index contributed by atoms with van der Waals surface area (Å²) in [5.74, 6) is 1.75. The van der Waals surface area contributed by atoms with Crippen LogP contribution >= 0.6 is 0 Å². The average Bonchev–Trinajstić information content (AvgIpc) is 3.15. The van der Waals surface area contributed by atoms with Crippen LogP contribution in [0.25, 0.3) is 16.7 Å². The third kappa shape index (κ3) is 3.07. The predicted molar refractivity (Wildman–Crippen MR) is 117 cm³/mol. The van der Waals surface area contributed by atoms with E-state index in [2.05, 4.69) is 44.9 Å². The van der Waals surface area contributed by atoms with Crippen LogP contribution in [0.3, 0.4) is 0 Å². The van der Waals surface area contributed by atoms with E-state index >= 15 is 0 Å². The number of nitriles is 1. The SMILES string of the molecule is C[C@@H]1CN(c2cc(-n3ncc4cnc(C5(C#N)CCC5)cc43)ncn2)C[C@H](C)[C@]1(C)O. The molecule has 0 radical (unpaired) electrons. The zero-order valence-corrected chi connectivity index (χ0v) is 18.2. The first-order valence-electron chi connectivity index (χ1n) is 10.9. The van der Waals surface area contributed by atoms with Gasteiger partial charge in [0, 0.05) is 42.6 Å². The fourth-order valence-corrected chi connectivity index (χ4v) is 4.72. The molecule has 3 atom stereocenters. The van der Waals surface area contributed by atoms with Gasteiger partial charge in [0.15, 0.2) is 5.82 Å². The van der Waals surface area contributed by atoms with Crippen molar-refractivity contribution in [3.63, 3.8) is 0 Å². The van der Waals surface area contributed by atoms with Crippen molar-refractivity contribution in [1.82, 2.24) is 24.7 Å². The average molecular weight is 418 g/mol. The number of piperidine rings is 1. The van der Waals surface area contributed by atoms with Crippen LogP contribution in [0, 0.1) is 23.2 Å². The predicted octanol–water partition coefficient (Wildman–Crippen LogP) is 3.00. The van der Waals surface area contributed by atoms with E-state index in [0.29, 0.717) is 5.82 Å². The molecule has 1 aliphatic heterocycles. The Bertz CT molecular complexity index is 1160. The summed E-state index contributed by atoms with van der Waals surface area (Å²) in [7, 11) is 0. The van der Waals surface area contributed by atoms with Crippen LogP contribution in [-0.2, 0) is 5.41 Å². The van der Waals surface area contributed by atoms with Gasteiger partial charge < -0.3 is 10.0 Å². The third-order valence-electron chi connectivity index (χ3n) is 7.53. The molecule has 0 aromatic carbocycles. The molecule has 5 rings (SSSR count). The fraction of sp³-hybridized carbons (Fsp3) is 0.522. The molecule has 1 saturated carbocycles. The van der Waals surface area contributed by atoms with Gasteiger partial charge in [0.05, 0.1) is 34.5 Å². The highest BCUT2D eigenvalue weighted by atomic mass is 16.3. The van der Waals surface area contributed by atoms with Crippen molar-refractivity contribution in [2.75, 3.05) is 18.0 Å². The summed E-state index contributed by atoms with van der Waals surface area (Å²) in [5.41, 5.74) is 0.536. The van der Waals surface area contributed by atoms with Crippen molar-refractivity contribution in [3.8, 4) is 11.9 Å². The lowest BCUT2D eigenvalue weighted by molar-refractivity contribution is -0.0504. The van der Waals surface area contributed by atoms with E-state index in [1.165, 1.54) is 0 Å². The van der Waals surface area contributed by atoms with Crippen molar-refractivity contribution in [1.29, 1.82) is 5.26 Å². The normalized spacial score (nSPS) is 27.6. The van der Waals surface area contributed by atoms with Gasteiger partial charge in [0.25, 0.3) is 0 Å². The van der Waals surface area contributed by atoms with Crippen LogP contribution in [0.15, 0.2) is 30.9 Å². The van der Waals surface area contributed by atoms with Gasteiger partial charge >= 0.3 is 0 Å². The van der Waals surface area contributed by atoms with E-state index in [1.54, 1.807) is 23.4 Å². The summed E-state index contributed by atoms with van der Waals surface area (Å²) in [6, 6.07) is 6.39. The molecule has 2 fully saturated rings. The van der Waals surface area contributed by atoms with Crippen molar-refractivity contribution >= 4 is 16.7 Å². The lowest BCUT2D eigenvalue weighted by Crippen LogP contribution is -2.55. The number of anilines is 1. The molecular weight excluding hydrogens is 390 g/mol. The molecule has 0 unspecified atom stereocenters. The summed E-state index contributed by atoms with van der Waals surface area (Å²) in [6.45, 7) is 7.53. The standard InChI is InChI=1S/C23H27N7O/c1-15-11-29(12-16(2)22(15,3)31)20-8-21(27-14-26-20)30-18-7-19(23(13-24)5-4-6-23)25-9-17(18)10-28-30/h7-10,14-16,31H,4-6,11-12H2,1-3H3/t15-,16+,22-. The second kappa shape index (κ2) is 6.99. The number of pyridine rings is 1. The maximum atomic E-state index is 10.7. The zero-order chi connectivity index (χ0) is 21.8. The number of rotatable bonds is 3. The lowest BCUT2D eigenvalue weighted by Gasteiger charge is -2.46. The Hall–Kier alpha value is -3.05. The zero-order valence-electron chi connectivity index (χ0n) is 18.2. The summed E-state index contributed by atoms with van der Waals surface area (Å²) >= 11 is 0. The topological polar surface area (TPSA) is 104 Å². The molecule has 0 spiro atoms. The molecule has 3 aromatic heterocycles. The molecule has 160 valence electrons. The Morgan fingerprint density at radius 1 is 1.06 bits per heavy atom. The summed E-state index contributed by atoms with van der Waals surface area (Å²) in [5, 5.41) is 25.9. The molecule has 0 bridgehead atoms. The highest BCUT2D eigenvalue weighted by molar-refractivity contribution is 5.80. The maximum absolute atomic E-state index is 10.7. The first-order chi connectivity index (χ1) is 14.8. The Labute approximate surface area is 181 Å². The quantitative estimate of drug-likeness (QED) is 0.698. The van der Waals surface area contributed by atoms with Crippen LogP contribution < -0.4 is 4.90 Å². The lowest BCUT2D eigenvalue weighted by atomic mass is 9.67. The largest absolute Gasteiger partial charge is 0.389 e. The summed E-state index contributed by atoms with van der Waals surface area (Å²) < 4.78 is 1.79. The number of aromatic nitrogens is 5. The molecule has 8 nitrogen and oxygen atoms in total. The molecule has 0 amide bonds. The smallest absolute Gasteiger partial charge is 0.159 e. The molecule has 2 aliphatic rings. The van der Waals surface area contributed by atoms with Crippen LogP contribution in [0.1, 0.15) is 45.7 Å². The van der Waals surface area contributed by atoms with Gasteiger partial charge in [-0.25, -0.2) is 14.6 Å². The van der Waals surface area contributed by atoms with E-state index in [-0.39, 0.29) is 11.8 Å². The molecule has 8 heteroatoms. The van der Waals surface area contributed by atoms with Crippen molar-refractivity contribution in [2.24, 2.45) is 11.8 Å². The molecule has 3 aromatic rings. The third-order valence-corrected chi connectivity index (χ3v) is 7.53. The highest BCUT2D eigenvalue weighted by Crippen LogP contribution is 2.43. The van der Waals surface area contributed by atoms with E-state index < -0.39 is 11.0 Å².